The van der Waals surface area contributed by atoms with Crippen LogP contribution in [-0.2, 0) is 28.4 Å². The van der Waals surface area contributed by atoms with Crippen molar-refractivity contribution in [3.8, 4) is 0 Å². The summed E-state index contributed by atoms with van der Waals surface area (Å²) >= 11 is 40.7. The van der Waals surface area contributed by atoms with E-state index in [2.05, 4.69) is 532 Å². The first-order chi connectivity index (χ1) is 63.6. The number of quaternary nitrogens is 6. The van der Waals surface area contributed by atoms with E-state index in [9.17, 15) is 28.8 Å². The molecule has 744 valence electrons. The fourth-order valence-electron chi connectivity index (χ4n) is 21.2. The van der Waals surface area contributed by atoms with Gasteiger partial charge in [0.2, 0.25) is 0 Å². The summed E-state index contributed by atoms with van der Waals surface area (Å²) in [5.41, 5.74) is 1.96. The van der Waals surface area contributed by atoms with Gasteiger partial charge < -0.3 is 59.9 Å². The molecule has 15 rings (SSSR count). The van der Waals surface area contributed by atoms with Crippen LogP contribution in [0.25, 0.3) is 0 Å². The third-order valence-corrected chi connectivity index (χ3v) is 51.2. The maximum absolute atomic E-state index is 13.1. The molecule has 6 aromatic rings. The Morgan fingerprint density at radius 3 is 0.993 bits per heavy atom. The van der Waals surface area contributed by atoms with Crippen molar-refractivity contribution in [3.63, 3.8) is 0 Å². The Kier molecular flexibility index (Phi) is 50.8. The summed E-state index contributed by atoms with van der Waals surface area (Å²) in [7, 11) is 0. The fourth-order valence-corrected chi connectivity index (χ4v) is 35.5. The molecule has 9 atom stereocenters. The quantitative estimate of drug-likeness (QED) is 0.0161. The third kappa shape index (κ3) is 33.5. The highest BCUT2D eigenvalue weighted by molar-refractivity contribution is 14.1. The van der Waals surface area contributed by atoms with E-state index < -0.39 is 11.2 Å². The molecule has 9 aliphatic rings. The molecule has 0 radical (unpaired) electrons. The highest BCUT2D eigenvalue weighted by Gasteiger charge is 2.54. The van der Waals surface area contributed by atoms with Gasteiger partial charge in [-0.25, -0.2) is 28.8 Å². The van der Waals surface area contributed by atoms with Gasteiger partial charge in [0.05, 0.1) is 123 Å². The van der Waals surface area contributed by atoms with Gasteiger partial charge in [-0.1, -0.05) is 33.6 Å². The van der Waals surface area contributed by atoms with E-state index in [0.29, 0.717) is 81.3 Å². The van der Waals surface area contributed by atoms with Crippen molar-refractivity contribution in [2.24, 2.45) is 47.3 Å². The van der Waals surface area contributed by atoms with Crippen molar-refractivity contribution in [1.29, 1.82) is 0 Å². The van der Waals surface area contributed by atoms with Crippen LogP contribution in [0.3, 0.4) is 0 Å². The Bertz CT molecular complexity index is 5050. The number of carbonyl (C=O) groups is 6. The van der Waals surface area contributed by atoms with E-state index in [0.717, 1.165) is 192 Å². The molecule has 36 heteroatoms. The lowest BCUT2D eigenvalue weighted by molar-refractivity contribution is -0.881. The molecule has 9 fully saturated rings. The molecule has 2 saturated carbocycles. The van der Waals surface area contributed by atoms with Gasteiger partial charge >= 0.3 is 35.8 Å². The van der Waals surface area contributed by atoms with Crippen molar-refractivity contribution >= 4 is 442 Å². The number of ether oxygens (including phenoxy) is 6. The molecule has 0 aromatic heterocycles. The van der Waals surface area contributed by atoms with Crippen LogP contribution in [0.15, 0.2) is 72.8 Å². The topological polar surface area (TPSA) is 245 Å². The number of nitrogens with one attached hydrogen (secondary N) is 1. The molecule has 6 aromatic carbocycles. The number of hydrogen-bond acceptors (Lipinski definition) is 12. The molecular formula is C99H126I18N6O12+6. The molecule has 7 saturated heterocycles. The predicted octanol–water partition coefficient (Wildman–Crippen LogP) is 22.5. The molecule has 4 bridgehead atoms. The van der Waals surface area contributed by atoms with Crippen LogP contribution in [0.1, 0.15) is 260 Å². The van der Waals surface area contributed by atoms with Gasteiger partial charge in [-0.15, -0.1) is 0 Å². The summed E-state index contributed by atoms with van der Waals surface area (Å²) in [6.45, 7) is 36.1. The summed E-state index contributed by atoms with van der Waals surface area (Å²) in [4.78, 5) is 78.5. The molecular weight excluding hydrogens is 3750 g/mol. The number of piperidine rings is 6. The number of hydrogen-bond donors (Lipinski definition) is 6. The van der Waals surface area contributed by atoms with Crippen LogP contribution in [-0.4, -0.2) is 153 Å². The van der Waals surface area contributed by atoms with Crippen molar-refractivity contribution in [2.75, 3.05) is 72.0 Å². The van der Waals surface area contributed by atoms with Crippen LogP contribution in [0, 0.1) is 112 Å². The van der Waals surface area contributed by atoms with Gasteiger partial charge in [-0.2, -0.15) is 0 Å². The first-order valence-corrected chi connectivity index (χ1v) is 66.2. The number of fused-ring (bicyclic) bond motifs is 4. The Hall–Kier alpha value is 5.04. The summed E-state index contributed by atoms with van der Waals surface area (Å²) in [5.74, 6) is 3.37. The molecule has 7 heterocycles. The monoisotopic (exact) mass is 3880 g/mol. The Balaban J connectivity index is 0.000000168. The smallest absolute Gasteiger partial charge is 0.340 e. The number of nitrogens with two attached hydrogens (primary N) is 5. The molecule has 0 spiro atoms. The van der Waals surface area contributed by atoms with E-state index in [1.807, 2.05) is 50.2 Å². The second-order valence-electron chi connectivity index (χ2n) is 38.9. The second kappa shape index (κ2) is 56.2. The highest BCUT2D eigenvalue weighted by atomic mass is 127. The van der Waals surface area contributed by atoms with E-state index in [-0.39, 0.29) is 58.2 Å². The third-order valence-electron chi connectivity index (χ3n) is 29.2. The van der Waals surface area contributed by atoms with E-state index in [4.69, 9.17) is 28.4 Å². The van der Waals surface area contributed by atoms with Crippen molar-refractivity contribution in [2.45, 2.75) is 244 Å². The number of carbonyl (C=O) groups excluding carboxylic acids is 6. The lowest BCUT2D eigenvalue weighted by Crippen LogP contribution is -3.09. The van der Waals surface area contributed by atoms with Crippen LogP contribution < -0.4 is 31.5 Å². The minimum absolute atomic E-state index is 0.134. The zero-order valence-corrected chi connectivity index (χ0v) is 117. The van der Waals surface area contributed by atoms with Crippen molar-refractivity contribution in [3.05, 3.63) is 170 Å². The lowest BCUT2D eigenvalue weighted by atomic mass is 9.73. The van der Waals surface area contributed by atoms with Crippen molar-refractivity contribution < 1.29 is 88.7 Å². The van der Waals surface area contributed by atoms with E-state index >= 15 is 0 Å². The second-order valence-corrected chi connectivity index (χ2v) is 59.9. The van der Waals surface area contributed by atoms with E-state index in [1.54, 1.807) is 4.90 Å². The van der Waals surface area contributed by atoms with Crippen LogP contribution >= 0.6 is 407 Å². The van der Waals surface area contributed by atoms with Crippen LogP contribution in [0.4, 0.5) is 0 Å². The van der Waals surface area contributed by atoms with Crippen LogP contribution in [0.5, 0.6) is 0 Å². The first kappa shape index (κ1) is 122. The van der Waals surface area contributed by atoms with Gasteiger partial charge in [-0.05, 0) is 592 Å². The average Bonchev–Trinajstić information content (AvgIpc) is 1.56. The summed E-state index contributed by atoms with van der Waals surface area (Å²) in [5, 5.41) is 11.9. The molecule has 135 heavy (non-hydrogen) atoms. The number of rotatable bonds is 22. The first-order valence-electron chi connectivity index (χ1n) is 46.8. The minimum Gasteiger partial charge on any atom is -0.455 e. The average molecular weight is 3880 g/mol. The predicted molar refractivity (Wildman–Crippen MR) is 686 cm³/mol. The zero-order chi connectivity index (χ0) is 99.1. The zero-order valence-electron chi connectivity index (χ0n) is 78.0. The van der Waals surface area contributed by atoms with Gasteiger partial charge in [0, 0.05) is 152 Å². The minimum atomic E-state index is -0.437. The van der Waals surface area contributed by atoms with Gasteiger partial charge in [0.25, 0.3) is 0 Å². The Morgan fingerprint density at radius 1 is 0.333 bits per heavy atom. The molecule has 18 nitrogen and oxygen atoms in total. The number of esters is 6. The van der Waals surface area contributed by atoms with Crippen LogP contribution in [0.2, 0.25) is 0 Å². The number of halogens is 18. The van der Waals surface area contributed by atoms with Gasteiger partial charge in [0.1, 0.15) is 34.0 Å². The molecule has 11 N–H and O–H groups in total. The molecule has 0 amide bonds. The van der Waals surface area contributed by atoms with Crippen molar-refractivity contribution in [1.82, 2.24) is 0 Å². The number of benzene rings is 6. The Morgan fingerprint density at radius 2 is 0.667 bits per heavy atom. The maximum Gasteiger partial charge on any atom is 0.340 e. The fraction of sp³-hybridized carbons (Fsp3) is 0.576. The molecule has 9 unspecified atom stereocenters. The maximum atomic E-state index is 13.1. The molecule has 7 aliphatic heterocycles. The molecule has 2 aliphatic carbocycles. The summed E-state index contributed by atoms with van der Waals surface area (Å²) in [6, 6.07) is 25.1. The highest BCUT2D eigenvalue weighted by Crippen LogP contribution is 2.47. The summed E-state index contributed by atoms with van der Waals surface area (Å²) < 4.78 is 55.4. The van der Waals surface area contributed by atoms with Gasteiger partial charge in [-0.3, -0.25) is 0 Å². The summed E-state index contributed by atoms with van der Waals surface area (Å²) in [6.07, 6.45) is 21.8. The largest absolute Gasteiger partial charge is 0.455 e. The standard InChI is InChI=1S/C19H24I3NO2.C17H22I3NO2.2C16H18I3NO2.C16H20I3NO2.C15H18I3NO2/c1-19(12-4-2-3-5-12,13-6-8-23-9-7-13)25-18(24)15-10-14(20)11-16(21)17(15)22;1-3-17(4-2,11-5-7-21-8-6-11)23-16(22)13-9-12(18)10-14(19)15(13)20;1-16(2,11-3-8-4-13(11)20-7-8)22-15(21)10-5-9(17)6-12(18)14(10)19;1-16(2,12-8-20-4-3-9(12)7-20)22-15(21)11-5-10(17)6-13(18)14(11)19;1-3-16(2,10-4-6-20-7-5-10)22-15(21)12-8-11(17)9-13(18)14(12)19;1-15(2,12-5-3-4-6-19-12)21-14(20)10-7-9(16)8-11(17)13(10)18/h10-13,23H,2-9H2,1H3;9-11,21H,3-8H2,1-2H3;5-6,8,11,13,20H,3-4,7H2,1-2H3;5-6,9,12H,3-4,7-8H2,1-2H3;8-10,20H,3-7H2,1-2H3;7-8,12,19H,3-6H2,1-2H3/p+6. The Labute approximate surface area is 1050 Å². The van der Waals surface area contributed by atoms with E-state index in [1.165, 1.54) is 77.4 Å². The SMILES string of the molecule is CC(C)(OC(=O)c1cc(I)cc(I)c1I)C1CC2C[NH2+]C1C2.CC(C)(OC(=O)c1cc(I)cc(I)c1I)C1CCCC[NH2+]1.CC(C)(OC(=O)c1cc(I)cc(I)c1I)C1C[NH+]2CCC1C2.CC(OC(=O)c1cc(I)cc(I)c1I)(C1CCCC1)C1CC[NH2+]CC1.CCC(C)(OC(=O)c1cc(I)cc(I)c1I)C1CC[NH2+]CC1.CCC(CC)(OC(=O)c1cc(I)cc(I)c1I)C1CC[NH2+]CC1. The lowest BCUT2D eigenvalue weighted by Gasteiger charge is -2.43. The van der Waals surface area contributed by atoms with Gasteiger partial charge in [0.15, 0.2) is 5.60 Å². The normalized spacial score (nSPS) is 21.8.